The lowest BCUT2D eigenvalue weighted by molar-refractivity contribution is -0.0652. The van der Waals surface area contributed by atoms with E-state index in [1.54, 1.807) is 0 Å². The lowest BCUT2D eigenvalue weighted by Crippen LogP contribution is -2.48. The topological polar surface area (TPSA) is 99.6 Å². The first-order chi connectivity index (χ1) is 10.2. The van der Waals surface area contributed by atoms with Gasteiger partial charge in [0.2, 0.25) is 0 Å². The van der Waals surface area contributed by atoms with Crippen LogP contribution in [-0.2, 0) is 18.8 Å². The molecule has 0 saturated carbocycles. The molecule has 1 saturated heterocycles. The number of morpholine rings is 1. The monoisotopic (exact) mass is 310 g/mol. The number of anilines is 1. The second-order valence-electron chi connectivity index (χ2n) is 5.84. The molecule has 2 atom stereocenters. The van der Waals surface area contributed by atoms with Gasteiger partial charge < -0.3 is 10.5 Å². The van der Waals surface area contributed by atoms with E-state index in [9.17, 15) is 14.4 Å². The lowest BCUT2D eigenvalue weighted by Gasteiger charge is -2.34. The molecule has 0 amide bonds. The first kappa shape index (κ1) is 16.4. The van der Waals surface area contributed by atoms with Crippen LogP contribution >= 0.6 is 0 Å². The molecular formula is C14H22N4O4. The van der Waals surface area contributed by atoms with Gasteiger partial charge in [0.1, 0.15) is 11.4 Å². The number of carbonyl (C=O) groups is 1. The maximum Gasteiger partial charge on any atom is 0.332 e. The standard InChI is InChI=1S/C14H22N4O4/c1-8-5-18(6-9(2)22-8)7-10(19)11-12(15)16(3)14(21)17(4)13(11)20/h8-9H,5-7,15H2,1-4H3/t8-,9+. The Bertz CT molecular complexity index is 696. The summed E-state index contributed by atoms with van der Waals surface area (Å²) >= 11 is 0. The van der Waals surface area contributed by atoms with Crippen LogP contribution in [0.2, 0.25) is 0 Å². The van der Waals surface area contributed by atoms with Crippen LogP contribution in [0.25, 0.3) is 0 Å². The Balaban J connectivity index is 2.31. The van der Waals surface area contributed by atoms with Crippen molar-refractivity contribution in [2.75, 3.05) is 25.4 Å². The number of rotatable bonds is 3. The highest BCUT2D eigenvalue weighted by atomic mass is 16.5. The van der Waals surface area contributed by atoms with Gasteiger partial charge in [-0.25, -0.2) is 4.79 Å². The Hall–Kier alpha value is -1.93. The van der Waals surface area contributed by atoms with Gasteiger partial charge in [-0.3, -0.25) is 23.6 Å². The highest BCUT2D eigenvalue weighted by Gasteiger charge is 2.27. The van der Waals surface area contributed by atoms with Crippen molar-refractivity contribution in [3.05, 3.63) is 26.4 Å². The van der Waals surface area contributed by atoms with Gasteiger partial charge >= 0.3 is 5.69 Å². The van der Waals surface area contributed by atoms with E-state index in [4.69, 9.17) is 10.5 Å². The van der Waals surface area contributed by atoms with Crippen molar-refractivity contribution in [2.24, 2.45) is 14.1 Å². The number of ether oxygens (including phenoxy) is 1. The normalized spacial score (nSPS) is 22.7. The number of nitrogens with zero attached hydrogens (tertiary/aromatic N) is 3. The van der Waals surface area contributed by atoms with Gasteiger partial charge in [0.15, 0.2) is 5.78 Å². The van der Waals surface area contributed by atoms with Crippen LogP contribution in [0.4, 0.5) is 5.82 Å². The molecule has 1 aliphatic heterocycles. The van der Waals surface area contributed by atoms with Gasteiger partial charge in [0.25, 0.3) is 5.56 Å². The van der Waals surface area contributed by atoms with Crippen molar-refractivity contribution >= 4 is 11.6 Å². The average Bonchev–Trinajstić information content (AvgIpc) is 2.42. The third-order valence-electron chi connectivity index (χ3n) is 3.85. The zero-order chi connectivity index (χ0) is 16.6. The largest absolute Gasteiger partial charge is 0.384 e. The second kappa shape index (κ2) is 6.05. The molecule has 1 fully saturated rings. The summed E-state index contributed by atoms with van der Waals surface area (Å²) in [5, 5.41) is 0. The van der Waals surface area contributed by atoms with Crippen LogP contribution in [0, 0.1) is 0 Å². The number of aromatic nitrogens is 2. The Kier molecular flexibility index (Phi) is 4.52. The minimum Gasteiger partial charge on any atom is -0.384 e. The minimum atomic E-state index is -0.653. The molecule has 2 heterocycles. The van der Waals surface area contributed by atoms with Crippen molar-refractivity contribution in [1.82, 2.24) is 14.0 Å². The van der Waals surface area contributed by atoms with E-state index < -0.39 is 11.2 Å². The van der Waals surface area contributed by atoms with Crippen molar-refractivity contribution < 1.29 is 9.53 Å². The highest BCUT2D eigenvalue weighted by Crippen LogP contribution is 2.12. The quantitative estimate of drug-likeness (QED) is 0.716. The molecule has 0 spiro atoms. The fourth-order valence-corrected chi connectivity index (χ4v) is 2.82. The van der Waals surface area contributed by atoms with Crippen molar-refractivity contribution in [3.63, 3.8) is 0 Å². The molecule has 1 aromatic heterocycles. The molecule has 0 bridgehead atoms. The van der Waals surface area contributed by atoms with Gasteiger partial charge in [0.05, 0.1) is 18.8 Å². The molecule has 1 aromatic rings. The number of Topliss-reactive ketones (excluding diaryl/α,β-unsaturated/α-hetero) is 1. The van der Waals surface area contributed by atoms with Crippen LogP contribution in [0.15, 0.2) is 9.59 Å². The number of hydrogen-bond acceptors (Lipinski definition) is 6. The minimum absolute atomic E-state index is 0.0249. The zero-order valence-electron chi connectivity index (χ0n) is 13.3. The van der Waals surface area contributed by atoms with Crippen LogP contribution < -0.4 is 17.0 Å². The van der Waals surface area contributed by atoms with E-state index in [-0.39, 0.29) is 35.9 Å². The number of nitrogen functional groups attached to an aromatic ring is 1. The molecule has 2 rings (SSSR count). The Morgan fingerprint density at radius 2 is 1.73 bits per heavy atom. The molecule has 0 aliphatic carbocycles. The van der Waals surface area contributed by atoms with Gasteiger partial charge in [-0.15, -0.1) is 0 Å². The third kappa shape index (κ3) is 2.97. The summed E-state index contributed by atoms with van der Waals surface area (Å²) < 4.78 is 7.62. The summed E-state index contributed by atoms with van der Waals surface area (Å²) in [4.78, 5) is 38.4. The molecule has 22 heavy (non-hydrogen) atoms. The summed E-state index contributed by atoms with van der Waals surface area (Å²) in [5.74, 6) is -0.470. The van der Waals surface area contributed by atoms with Gasteiger partial charge in [0, 0.05) is 27.2 Å². The van der Waals surface area contributed by atoms with Crippen LogP contribution in [0.3, 0.4) is 0 Å². The molecule has 8 heteroatoms. The Labute approximate surface area is 128 Å². The summed E-state index contributed by atoms with van der Waals surface area (Å²) in [5.41, 5.74) is 4.47. The number of ketones is 1. The van der Waals surface area contributed by atoms with Gasteiger partial charge in [-0.05, 0) is 13.8 Å². The number of carbonyl (C=O) groups excluding carboxylic acids is 1. The van der Waals surface area contributed by atoms with Crippen LogP contribution in [-0.4, -0.2) is 51.7 Å². The predicted octanol–water partition coefficient (Wildman–Crippen LogP) is -1.04. The molecular weight excluding hydrogens is 288 g/mol. The van der Waals surface area contributed by atoms with Crippen molar-refractivity contribution in [1.29, 1.82) is 0 Å². The van der Waals surface area contributed by atoms with E-state index in [1.165, 1.54) is 14.1 Å². The fourth-order valence-electron chi connectivity index (χ4n) is 2.82. The molecule has 0 aromatic carbocycles. The molecule has 122 valence electrons. The summed E-state index contributed by atoms with van der Waals surface area (Å²) in [6.07, 6.45) is 0.0497. The summed E-state index contributed by atoms with van der Waals surface area (Å²) in [7, 11) is 2.77. The van der Waals surface area contributed by atoms with E-state index in [0.717, 1.165) is 9.13 Å². The average molecular weight is 310 g/mol. The molecule has 2 N–H and O–H groups in total. The van der Waals surface area contributed by atoms with Gasteiger partial charge in [-0.1, -0.05) is 0 Å². The number of nitrogens with two attached hydrogens (primary N) is 1. The molecule has 8 nitrogen and oxygen atoms in total. The molecule has 1 aliphatic rings. The number of hydrogen-bond donors (Lipinski definition) is 1. The SMILES string of the molecule is C[C@@H]1CN(CC(=O)c2c(N)n(C)c(=O)n(C)c2=O)C[C@H](C)O1. The fraction of sp³-hybridized carbons (Fsp3) is 0.643. The first-order valence-corrected chi connectivity index (χ1v) is 7.18. The predicted molar refractivity (Wildman–Crippen MR) is 82.1 cm³/mol. The van der Waals surface area contributed by atoms with Gasteiger partial charge in [-0.2, -0.15) is 0 Å². The van der Waals surface area contributed by atoms with E-state index in [0.29, 0.717) is 13.1 Å². The summed E-state index contributed by atoms with van der Waals surface area (Å²) in [6.45, 7) is 5.18. The van der Waals surface area contributed by atoms with E-state index in [2.05, 4.69) is 0 Å². The third-order valence-corrected chi connectivity index (χ3v) is 3.85. The van der Waals surface area contributed by atoms with E-state index in [1.807, 2.05) is 18.7 Å². The highest BCUT2D eigenvalue weighted by molar-refractivity contribution is 6.01. The van der Waals surface area contributed by atoms with Crippen LogP contribution in [0.5, 0.6) is 0 Å². The first-order valence-electron chi connectivity index (χ1n) is 7.18. The van der Waals surface area contributed by atoms with Crippen molar-refractivity contribution in [3.8, 4) is 0 Å². The lowest BCUT2D eigenvalue weighted by atomic mass is 10.1. The Morgan fingerprint density at radius 3 is 2.27 bits per heavy atom. The van der Waals surface area contributed by atoms with E-state index >= 15 is 0 Å². The molecule has 0 radical (unpaired) electrons. The maximum atomic E-state index is 12.5. The smallest absolute Gasteiger partial charge is 0.332 e. The maximum absolute atomic E-state index is 12.5. The Morgan fingerprint density at radius 1 is 1.18 bits per heavy atom. The zero-order valence-corrected chi connectivity index (χ0v) is 13.3. The summed E-state index contributed by atoms with van der Waals surface area (Å²) in [6, 6.07) is 0. The second-order valence-corrected chi connectivity index (χ2v) is 5.84. The van der Waals surface area contributed by atoms with Crippen molar-refractivity contribution in [2.45, 2.75) is 26.1 Å². The molecule has 0 unspecified atom stereocenters. The van der Waals surface area contributed by atoms with Crippen LogP contribution in [0.1, 0.15) is 24.2 Å².